The Balaban J connectivity index is 1.77. The summed E-state index contributed by atoms with van der Waals surface area (Å²) in [7, 11) is 0. The Kier molecular flexibility index (Phi) is 11.2. The lowest BCUT2D eigenvalue weighted by Crippen LogP contribution is -2.24. The SMILES string of the molecule is NCCCNCCCNCCCCCc1ccccc1. The van der Waals surface area contributed by atoms with E-state index in [2.05, 4.69) is 41.0 Å². The van der Waals surface area contributed by atoms with Gasteiger partial charge in [0, 0.05) is 0 Å². The molecular weight excluding hydrogens is 246 g/mol. The van der Waals surface area contributed by atoms with Crippen molar-refractivity contribution in [2.45, 2.75) is 38.5 Å². The molecule has 3 nitrogen and oxygen atoms in total. The summed E-state index contributed by atoms with van der Waals surface area (Å²) in [4.78, 5) is 0. The highest BCUT2D eigenvalue weighted by molar-refractivity contribution is 5.14. The first-order valence-electron chi connectivity index (χ1n) is 8.09. The summed E-state index contributed by atoms with van der Waals surface area (Å²) in [6.07, 6.45) is 7.39. The fraction of sp³-hybridized carbons (Fsp3) is 0.647. The summed E-state index contributed by atoms with van der Waals surface area (Å²) in [5.41, 5.74) is 6.90. The molecule has 0 bridgehead atoms. The monoisotopic (exact) mass is 277 g/mol. The Labute approximate surface area is 124 Å². The molecule has 3 heteroatoms. The Morgan fingerprint density at radius 3 is 2.05 bits per heavy atom. The van der Waals surface area contributed by atoms with Gasteiger partial charge in [0.2, 0.25) is 0 Å². The first kappa shape index (κ1) is 17.2. The predicted octanol–water partition coefficient (Wildman–Crippen LogP) is 2.32. The van der Waals surface area contributed by atoms with Crippen molar-refractivity contribution in [2.24, 2.45) is 5.73 Å². The molecule has 1 aromatic rings. The molecule has 4 N–H and O–H groups in total. The van der Waals surface area contributed by atoms with Gasteiger partial charge in [-0.2, -0.15) is 0 Å². The number of nitrogens with one attached hydrogen (secondary N) is 2. The minimum atomic E-state index is 0.786. The minimum Gasteiger partial charge on any atom is -0.330 e. The third kappa shape index (κ3) is 9.96. The molecule has 0 aromatic heterocycles. The fourth-order valence-electron chi connectivity index (χ4n) is 2.22. The van der Waals surface area contributed by atoms with Crippen molar-refractivity contribution in [3.05, 3.63) is 35.9 Å². The zero-order valence-electron chi connectivity index (χ0n) is 12.7. The third-order valence-electron chi connectivity index (χ3n) is 3.43. The van der Waals surface area contributed by atoms with Gasteiger partial charge in [-0.15, -0.1) is 0 Å². The van der Waals surface area contributed by atoms with Crippen LogP contribution in [0, 0.1) is 0 Å². The van der Waals surface area contributed by atoms with Crippen LogP contribution < -0.4 is 16.4 Å². The van der Waals surface area contributed by atoms with Gasteiger partial charge in [0.15, 0.2) is 0 Å². The first-order valence-corrected chi connectivity index (χ1v) is 8.09. The van der Waals surface area contributed by atoms with Gasteiger partial charge in [-0.3, -0.25) is 0 Å². The van der Waals surface area contributed by atoms with Crippen molar-refractivity contribution in [2.75, 3.05) is 32.7 Å². The zero-order valence-corrected chi connectivity index (χ0v) is 12.7. The molecule has 0 saturated heterocycles. The lowest BCUT2D eigenvalue weighted by Gasteiger charge is -2.06. The van der Waals surface area contributed by atoms with E-state index in [4.69, 9.17) is 5.73 Å². The minimum absolute atomic E-state index is 0.786. The van der Waals surface area contributed by atoms with Gasteiger partial charge in [0.05, 0.1) is 0 Å². The second kappa shape index (κ2) is 13.1. The van der Waals surface area contributed by atoms with Crippen molar-refractivity contribution in [3.8, 4) is 0 Å². The van der Waals surface area contributed by atoms with Crippen LogP contribution in [0.5, 0.6) is 0 Å². The van der Waals surface area contributed by atoms with Crippen molar-refractivity contribution >= 4 is 0 Å². The Bertz CT molecular complexity index is 300. The van der Waals surface area contributed by atoms with E-state index in [0.29, 0.717) is 0 Å². The van der Waals surface area contributed by atoms with Crippen LogP contribution in [0.25, 0.3) is 0 Å². The molecule has 20 heavy (non-hydrogen) atoms. The molecule has 0 spiro atoms. The van der Waals surface area contributed by atoms with Crippen molar-refractivity contribution in [1.82, 2.24) is 10.6 Å². The van der Waals surface area contributed by atoms with Crippen LogP contribution >= 0.6 is 0 Å². The maximum Gasteiger partial charge on any atom is -0.00368 e. The number of unbranched alkanes of at least 4 members (excludes halogenated alkanes) is 2. The van der Waals surface area contributed by atoms with E-state index < -0.39 is 0 Å². The average molecular weight is 277 g/mol. The van der Waals surface area contributed by atoms with Crippen LogP contribution in [-0.2, 0) is 6.42 Å². The smallest absolute Gasteiger partial charge is 0.00368 e. The van der Waals surface area contributed by atoms with Gasteiger partial charge in [0.1, 0.15) is 0 Å². The molecule has 0 aliphatic rings. The molecule has 1 rings (SSSR count). The number of hydrogen-bond donors (Lipinski definition) is 3. The molecule has 0 saturated carbocycles. The largest absolute Gasteiger partial charge is 0.330 e. The summed E-state index contributed by atoms with van der Waals surface area (Å²) >= 11 is 0. The lowest BCUT2D eigenvalue weighted by atomic mass is 10.1. The number of aryl methyl sites for hydroxylation is 1. The molecule has 0 aliphatic heterocycles. The maximum atomic E-state index is 5.43. The molecule has 0 unspecified atom stereocenters. The standard InChI is InChI=1S/C17H31N3/c18-12-7-14-20-16-8-15-19-13-6-2-5-11-17-9-3-1-4-10-17/h1,3-4,9-10,19-20H,2,5-8,11-16,18H2. The van der Waals surface area contributed by atoms with Gasteiger partial charge in [-0.1, -0.05) is 36.8 Å². The van der Waals surface area contributed by atoms with Crippen molar-refractivity contribution in [1.29, 1.82) is 0 Å². The molecule has 0 aliphatic carbocycles. The maximum absolute atomic E-state index is 5.43. The van der Waals surface area contributed by atoms with E-state index in [1.165, 1.54) is 37.7 Å². The summed E-state index contributed by atoms with van der Waals surface area (Å²) in [5, 5.41) is 6.91. The van der Waals surface area contributed by atoms with Gasteiger partial charge < -0.3 is 16.4 Å². The van der Waals surface area contributed by atoms with E-state index in [1.807, 2.05) is 0 Å². The normalized spacial score (nSPS) is 10.8. The number of rotatable bonds is 13. The fourth-order valence-corrected chi connectivity index (χ4v) is 2.22. The summed E-state index contributed by atoms with van der Waals surface area (Å²) < 4.78 is 0. The summed E-state index contributed by atoms with van der Waals surface area (Å²) in [6.45, 7) is 5.21. The second-order valence-electron chi connectivity index (χ2n) is 5.29. The highest BCUT2D eigenvalue weighted by Gasteiger charge is 1.93. The number of benzene rings is 1. The van der Waals surface area contributed by atoms with Crippen LogP contribution in [-0.4, -0.2) is 32.7 Å². The molecule has 0 fully saturated rings. The van der Waals surface area contributed by atoms with Crippen LogP contribution in [0.15, 0.2) is 30.3 Å². The van der Waals surface area contributed by atoms with Gasteiger partial charge in [-0.25, -0.2) is 0 Å². The Morgan fingerprint density at radius 2 is 1.35 bits per heavy atom. The molecule has 0 heterocycles. The van der Waals surface area contributed by atoms with Crippen LogP contribution in [0.1, 0.15) is 37.7 Å². The summed E-state index contributed by atoms with van der Waals surface area (Å²) in [6, 6.07) is 10.8. The molecule has 0 radical (unpaired) electrons. The second-order valence-corrected chi connectivity index (χ2v) is 5.29. The quantitative estimate of drug-likeness (QED) is 0.485. The van der Waals surface area contributed by atoms with E-state index in [0.717, 1.165) is 39.1 Å². The van der Waals surface area contributed by atoms with Crippen molar-refractivity contribution in [3.63, 3.8) is 0 Å². The van der Waals surface area contributed by atoms with E-state index in [-0.39, 0.29) is 0 Å². The molecule has 0 atom stereocenters. The molecule has 1 aromatic carbocycles. The molecular formula is C17H31N3. The number of hydrogen-bond acceptors (Lipinski definition) is 3. The molecule has 114 valence electrons. The zero-order chi connectivity index (χ0) is 14.3. The Morgan fingerprint density at radius 1 is 0.700 bits per heavy atom. The van der Waals surface area contributed by atoms with Gasteiger partial charge in [-0.05, 0) is 70.4 Å². The van der Waals surface area contributed by atoms with E-state index >= 15 is 0 Å². The highest BCUT2D eigenvalue weighted by Crippen LogP contribution is 2.05. The van der Waals surface area contributed by atoms with Gasteiger partial charge >= 0.3 is 0 Å². The number of nitrogens with two attached hydrogens (primary N) is 1. The average Bonchev–Trinajstić information content (AvgIpc) is 2.49. The Hall–Kier alpha value is -0.900. The topological polar surface area (TPSA) is 50.1 Å². The van der Waals surface area contributed by atoms with Crippen LogP contribution in [0.2, 0.25) is 0 Å². The highest BCUT2D eigenvalue weighted by atomic mass is 14.9. The van der Waals surface area contributed by atoms with Crippen LogP contribution in [0.4, 0.5) is 0 Å². The van der Waals surface area contributed by atoms with Crippen LogP contribution in [0.3, 0.4) is 0 Å². The van der Waals surface area contributed by atoms with E-state index in [9.17, 15) is 0 Å². The third-order valence-corrected chi connectivity index (χ3v) is 3.43. The first-order chi connectivity index (χ1) is 9.93. The van der Waals surface area contributed by atoms with Crippen molar-refractivity contribution < 1.29 is 0 Å². The van der Waals surface area contributed by atoms with E-state index in [1.54, 1.807) is 0 Å². The summed E-state index contributed by atoms with van der Waals surface area (Å²) in [5.74, 6) is 0. The van der Waals surface area contributed by atoms with Gasteiger partial charge in [0.25, 0.3) is 0 Å². The lowest BCUT2D eigenvalue weighted by molar-refractivity contribution is 0.563. The predicted molar refractivity (Wildman–Crippen MR) is 88.0 cm³/mol. The molecule has 0 amide bonds.